The Morgan fingerprint density at radius 1 is 1.21 bits per heavy atom. The lowest BCUT2D eigenvalue weighted by molar-refractivity contribution is -0.143. The van der Waals surface area contributed by atoms with Crippen LogP contribution in [0.5, 0.6) is 11.5 Å². The molecule has 1 aliphatic heterocycles. The fourth-order valence-corrected chi connectivity index (χ4v) is 3.19. The van der Waals surface area contributed by atoms with Gasteiger partial charge in [0, 0.05) is 31.0 Å². The number of ether oxygens (including phenoxy) is 4. The quantitative estimate of drug-likeness (QED) is 0.378. The summed E-state index contributed by atoms with van der Waals surface area (Å²) >= 11 is 0. The van der Waals surface area contributed by atoms with Crippen LogP contribution in [0.25, 0.3) is 0 Å². The molecule has 0 spiro atoms. The summed E-state index contributed by atoms with van der Waals surface area (Å²) < 4.78 is 21.1. The molecule has 8 heteroatoms. The predicted octanol–water partition coefficient (Wildman–Crippen LogP) is 2.37. The summed E-state index contributed by atoms with van der Waals surface area (Å²) in [6, 6.07) is 0. The van der Waals surface area contributed by atoms with Crippen LogP contribution in [-0.2, 0) is 32.1 Å². The second kappa shape index (κ2) is 10.1. The average Bonchev–Trinajstić information content (AvgIpc) is 3.07. The van der Waals surface area contributed by atoms with Crippen molar-refractivity contribution in [3.8, 4) is 11.5 Å². The molecule has 8 nitrogen and oxygen atoms in total. The zero-order valence-electron chi connectivity index (χ0n) is 17.3. The fraction of sp³-hybridized carbons (Fsp3) is 0.476. The maximum Gasteiger partial charge on any atom is 0.342 e. The highest BCUT2D eigenvalue weighted by Gasteiger charge is 2.33. The SMILES string of the molecule is COc1c(C)c2c(c(OC(C)=O)c1C/C=C(\C)CCC(=O)OCCN)C(=O)OC2. The Bertz CT molecular complexity index is 842. The first-order chi connectivity index (χ1) is 13.8. The number of benzene rings is 1. The van der Waals surface area contributed by atoms with Crippen molar-refractivity contribution in [2.24, 2.45) is 5.73 Å². The van der Waals surface area contributed by atoms with Gasteiger partial charge in [0.15, 0.2) is 5.75 Å². The summed E-state index contributed by atoms with van der Waals surface area (Å²) in [5.41, 5.74) is 8.55. The summed E-state index contributed by atoms with van der Waals surface area (Å²) in [6.45, 7) is 5.61. The molecule has 0 saturated carbocycles. The number of fused-ring (bicyclic) bond motifs is 1. The van der Waals surface area contributed by atoms with Crippen LogP contribution in [0.2, 0.25) is 0 Å². The molecule has 158 valence electrons. The van der Waals surface area contributed by atoms with Gasteiger partial charge in [-0.05, 0) is 32.3 Å². The maximum atomic E-state index is 12.2. The number of carbonyl (C=O) groups is 3. The van der Waals surface area contributed by atoms with Crippen molar-refractivity contribution in [2.75, 3.05) is 20.3 Å². The van der Waals surface area contributed by atoms with E-state index in [1.54, 1.807) is 0 Å². The number of allylic oxidation sites excluding steroid dienone is 2. The molecular formula is C21H27NO7. The highest BCUT2D eigenvalue weighted by molar-refractivity contribution is 5.99. The fourth-order valence-electron chi connectivity index (χ4n) is 3.19. The van der Waals surface area contributed by atoms with Crippen molar-refractivity contribution in [2.45, 2.75) is 46.6 Å². The Morgan fingerprint density at radius 3 is 2.55 bits per heavy atom. The van der Waals surface area contributed by atoms with E-state index < -0.39 is 11.9 Å². The monoisotopic (exact) mass is 405 g/mol. The summed E-state index contributed by atoms with van der Waals surface area (Å²) in [6.07, 6.45) is 3.02. The lowest BCUT2D eigenvalue weighted by Crippen LogP contribution is -2.13. The van der Waals surface area contributed by atoms with Crippen LogP contribution in [0.3, 0.4) is 0 Å². The molecule has 0 bridgehead atoms. The van der Waals surface area contributed by atoms with E-state index in [0.717, 1.165) is 11.1 Å². The van der Waals surface area contributed by atoms with Gasteiger partial charge in [-0.3, -0.25) is 9.59 Å². The molecule has 0 unspecified atom stereocenters. The molecule has 0 aromatic heterocycles. The molecular weight excluding hydrogens is 378 g/mol. The van der Waals surface area contributed by atoms with Crippen molar-refractivity contribution in [1.82, 2.24) is 0 Å². The smallest absolute Gasteiger partial charge is 0.342 e. The van der Waals surface area contributed by atoms with Crippen LogP contribution < -0.4 is 15.2 Å². The zero-order valence-corrected chi connectivity index (χ0v) is 17.3. The van der Waals surface area contributed by atoms with E-state index in [1.807, 2.05) is 19.9 Å². The largest absolute Gasteiger partial charge is 0.496 e. The van der Waals surface area contributed by atoms with Gasteiger partial charge >= 0.3 is 17.9 Å². The Labute approximate surface area is 169 Å². The predicted molar refractivity (Wildman–Crippen MR) is 105 cm³/mol. The lowest BCUT2D eigenvalue weighted by Gasteiger charge is -2.18. The highest BCUT2D eigenvalue weighted by Crippen LogP contribution is 2.42. The number of hydrogen-bond donors (Lipinski definition) is 1. The van der Waals surface area contributed by atoms with Gasteiger partial charge in [0.25, 0.3) is 0 Å². The molecule has 0 saturated heterocycles. The van der Waals surface area contributed by atoms with E-state index in [2.05, 4.69) is 0 Å². The standard InChI is InChI=1S/C21H27NO7/c1-12(6-8-17(24)27-10-9-22)5-7-15-19(26-4)13(2)16-11-28-21(25)18(16)20(15)29-14(3)23/h5H,6-11,22H2,1-4H3/b12-5+. The Balaban J connectivity index is 2.32. The van der Waals surface area contributed by atoms with E-state index in [4.69, 9.17) is 24.7 Å². The van der Waals surface area contributed by atoms with Gasteiger partial charge in [-0.2, -0.15) is 0 Å². The van der Waals surface area contributed by atoms with Crippen LogP contribution in [0.15, 0.2) is 11.6 Å². The van der Waals surface area contributed by atoms with E-state index in [1.165, 1.54) is 14.0 Å². The molecule has 1 aromatic carbocycles. The van der Waals surface area contributed by atoms with Gasteiger partial charge in [-0.25, -0.2) is 4.79 Å². The number of carbonyl (C=O) groups excluding carboxylic acids is 3. The van der Waals surface area contributed by atoms with Crippen molar-refractivity contribution in [3.05, 3.63) is 33.9 Å². The third-order valence-electron chi connectivity index (χ3n) is 4.63. The van der Waals surface area contributed by atoms with Crippen LogP contribution in [-0.4, -0.2) is 38.2 Å². The molecule has 2 rings (SSSR count). The van der Waals surface area contributed by atoms with Gasteiger partial charge in [0.05, 0.1) is 7.11 Å². The van der Waals surface area contributed by atoms with Crippen LogP contribution in [0.1, 0.15) is 53.7 Å². The van der Waals surface area contributed by atoms with Gasteiger partial charge in [-0.15, -0.1) is 0 Å². The van der Waals surface area contributed by atoms with Gasteiger partial charge in [-0.1, -0.05) is 11.6 Å². The van der Waals surface area contributed by atoms with Crippen LogP contribution in [0, 0.1) is 6.92 Å². The molecule has 1 aliphatic rings. The van der Waals surface area contributed by atoms with Crippen LogP contribution in [0.4, 0.5) is 0 Å². The Morgan fingerprint density at radius 2 is 1.93 bits per heavy atom. The Kier molecular flexibility index (Phi) is 7.78. The summed E-state index contributed by atoms with van der Waals surface area (Å²) in [5, 5.41) is 0. The second-order valence-corrected chi connectivity index (χ2v) is 6.75. The lowest BCUT2D eigenvalue weighted by atomic mass is 9.94. The van der Waals surface area contributed by atoms with E-state index in [-0.39, 0.29) is 36.9 Å². The number of methoxy groups -OCH3 is 1. The molecule has 0 atom stereocenters. The topological polar surface area (TPSA) is 114 Å². The molecule has 29 heavy (non-hydrogen) atoms. The van der Waals surface area contributed by atoms with Crippen LogP contribution >= 0.6 is 0 Å². The first-order valence-corrected chi connectivity index (χ1v) is 9.39. The minimum absolute atomic E-state index is 0.116. The van der Waals surface area contributed by atoms with Crippen molar-refractivity contribution in [3.63, 3.8) is 0 Å². The number of esters is 3. The van der Waals surface area contributed by atoms with Gasteiger partial charge < -0.3 is 24.7 Å². The molecule has 0 fully saturated rings. The molecule has 0 radical (unpaired) electrons. The summed E-state index contributed by atoms with van der Waals surface area (Å²) in [4.78, 5) is 35.5. The second-order valence-electron chi connectivity index (χ2n) is 6.75. The van der Waals surface area contributed by atoms with Gasteiger partial charge in [0.2, 0.25) is 0 Å². The van der Waals surface area contributed by atoms with E-state index in [9.17, 15) is 14.4 Å². The number of rotatable bonds is 9. The van der Waals surface area contributed by atoms with Crippen molar-refractivity contribution < 1.29 is 33.3 Å². The number of cyclic esters (lactones) is 1. The molecule has 0 amide bonds. The Hall–Kier alpha value is -2.87. The minimum atomic E-state index is -0.539. The van der Waals surface area contributed by atoms with Gasteiger partial charge in [0.1, 0.15) is 24.5 Å². The minimum Gasteiger partial charge on any atom is -0.496 e. The van der Waals surface area contributed by atoms with E-state index in [0.29, 0.717) is 36.3 Å². The molecule has 1 aromatic rings. The first kappa shape index (κ1) is 22.4. The third-order valence-corrected chi connectivity index (χ3v) is 4.63. The number of hydrogen-bond acceptors (Lipinski definition) is 8. The number of nitrogens with two attached hydrogens (primary N) is 1. The summed E-state index contributed by atoms with van der Waals surface area (Å²) in [7, 11) is 1.53. The van der Waals surface area contributed by atoms with E-state index >= 15 is 0 Å². The summed E-state index contributed by atoms with van der Waals surface area (Å²) in [5.74, 6) is -0.653. The zero-order chi connectivity index (χ0) is 21.6. The van der Waals surface area contributed by atoms with Crippen molar-refractivity contribution >= 4 is 17.9 Å². The first-order valence-electron chi connectivity index (χ1n) is 9.39. The molecule has 2 N–H and O–H groups in total. The average molecular weight is 405 g/mol. The normalized spacial score (nSPS) is 13.0. The highest BCUT2D eigenvalue weighted by atomic mass is 16.6. The molecule has 1 heterocycles. The van der Waals surface area contributed by atoms with Crippen molar-refractivity contribution in [1.29, 1.82) is 0 Å². The third kappa shape index (κ3) is 5.35. The molecule has 0 aliphatic carbocycles. The maximum absolute atomic E-state index is 12.2.